The Morgan fingerprint density at radius 3 is 3.00 bits per heavy atom. The Morgan fingerprint density at radius 2 is 2.20 bits per heavy atom. The molecule has 0 unspecified atom stereocenters. The zero-order valence-corrected chi connectivity index (χ0v) is 14.5. The van der Waals surface area contributed by atoms with E-state index in [2.05, 4.69) is 20.6 Å². The number of piperidine rings is 1. The predicted octanol–water partition coefficient (Wildman–Crippen LogP) is 1.66. The van der Waals surface area contributed by atoms with Gasteiger partial charge in [-0.25, -0.2) is 9.78 Å². The Morgan fingerprint density at radius 1 is 1.36 bits per heavy atom. The molecule has 0 saturated carbocycles. The van der Waals surface area contributed by atoms with Crippen molar-refractivity contribution in [2.75, 3.05) is 26.7 Å². The van der Waals surface area contributed by atoms with Crippen LogP contribution in [0.2, 0.25) is 0 Å². The number of aromatic amines is 1. The maximum absolute atomic E-state index is 12.3. The third-order valence-corrected chi connectivity index (χ3v) is 4.63. The number of likely N-dealkylation sites (tertiary alicyclic amines) is 1. The standard InChI is InChI=1S/C18H25N5O2/c1-19-17(24)13-6-5-11-23(12-13)18(25)20-10-4-9-16-21-14-7-2-3-8-15(14)22-16/h2-3,7-8,13H,4-6,9-12H2,1H3,(H,19,24)(H,20,25)(H,21,22)/t13-/m1/s1. The lowest BCUT2D eigenvalue weighted by Gasteiger charge is -2.31. The van der Waals surface area contributed by atoms with Crippen LogP contribution in [0.15, 0.2) is 24.3 Å². The average Bonchev–Trinajstić information content (AvgIpc) is 3.07. The molecule has 7 nitrogen and oxygen atoms in total. The van der Waals surface area contributed by atoms with Crippen LogP contribution in [-0.2, 0) is 11.2 Å². The molecule has 1 aliphatic heterocycles. The van der Waals surface area contributed by atoms with E-state index in [1.807, 2.05) is 24.3 Å². The normalized spacial score (nSPS) is 17.5. The minimum Gasteiger partial charge on any atom is -0.359 e. The van der Waals surface area contributed by atoms with Crippen molar-refractivity contribution in [2.45, 2.75) is 25.7 Å². The zero-order valence-electron chi connectivity index (χ0n) is 14.5. The fourth-order valence-electron chi connectivity index (χ4n) is 3.27. The number of aryl methyl sites for hydroxylation is 1. The van der Waals surface area contributed by atoms with Crippen LogP contribution in [0.1, 0.15) is 25.1 Å². The number of amides is 3. The minimum absolute atomic E-state index is 0.0161. The third kappa shape index (κ3) is 4.29. The van der Waals surface area contributed by atoms with Crippen molar-refractivity contribution in [3.8, 4) is 0 Å². The van der Waals surface area contributed by atoms with Gasteiger partial charge in [0.2, 0.25) is 5.91 Å². The lowest BCUT2D eigenvalue weighted by atomic mass is 9.97. The molecule has 0 spiro atoms. The van der Waals surface area contributed by atoms with E-state index in [1.54, 1.807) is 11.9 Å². The number of hydrogen-bond donors (Lipinski definition) is 3. The van der Waals surface area contributed by atoms with E-state index < -0.39 is 0 Å². The first kappa shape index (κ1) is 17.3. The van der Waals surface area contributed by atoms with Gasteiger partial charge in [0.25, 0.3) is 0 Å². The number of aromatic nitrogens is 2. The van der Waals surface area contributed by atoms with Crippen molar-refractivity contribution in [3.05, 3.63) is 30.1 Å². The second-order valence-electron chi connectivity index (χ2n) is 6.44. The molecule has 0 radical (unpaired) electrons. The highest BCUT2D eigenvalue weighted by Crippen LogP contribution is 2.16. The quantitative estimate of drug-likeness (QED) is 0.721. The predicted molar refractivity (Wildman–Crippen MR) is 96.2 cm³/mol. The smallest absolute Gasteiger partial charge is 0.317 e. The number of imidazole rings is 1. The highest BCUT2D eigenvalue weighted by atomic mass is 16.2. The molecule has 2 heterocycles. The molecule has 0 bridgehead atoms. The van der Waals surface area contributed by atoms with Crippen LogP contribution >= 0.6 is 0 Å². The van der Waals surface area contributed by atoms with Crippen LogP contribution in [0.25, 0.3) is 11.0 Å². The summed E-state index contributed by atoms with van der Waals surface area (Å²) < 4.78 is 0. The molecule has 1 atom stereocenters. The van der Waals surface area contributed by atoms with E-state index in [-0.39, 0.29) is 17.9 Å². The highest BCUT2D eigenvalue weighted by Gasteiger charge is 2.27. The summed E-state index contributed by atoms with van der Waals surface area (Å²) in [6.45, 7) is 1.80. The highest BCUT2D eigenvalue weighted by molar-refractivity contribution is 5.80. The summed E-state index contributed by atoms with van der Waals surface area (Å²) >= 11 is 0. The van der Waals surface area contributed by atoms with E-state index in [0.29, 0.717) is 19.6 Å². The second kappa shape index (κ2) is 8.00. The Hall–Kier alpha value is -2.57. The van der Waals surface area contributed by atoms with Crippen LogP contribution in [-0.4, -0.2) is 53.5 Å². The van der Waals surface area contributed by atoms with Crippen LogP contribution in [0.3, 0.4) is 0 Å². The van der Waals surface area contributed by atoms with Gasteiger partial charge in [0, 0.05) is 33.1 Å². The van der Waals surface area contributed by atoms with Crippen molar-refractivity contribution < 1.29 is 9.59 Å². The van der Waals surface area contributed by atoms with E-state index in [0.717, 1.165) is 42.5 Å². The lowest BCUT2D eigenvalue weighted by Crippen LogP contribution is -2.48. The van der Waals surface area contributed by atoms with Gasteiger partial charge in [-0.2, -0.15) is 0 Å². The number of nitrogens with one attached hydrogen (secondary N) is 3. The topological polar surface area (TPSA) is 90.1 Å². The summed E-state index contributed by atoms with van der Waals surface area (Å²) in [4.78, 5) is 33.6. The molecule has 1 aromatic carbocycles. The number of carbonyl (C=O) groups excluding carboxylic acids is 2. The fourth-order valence-corrected chi connectivity index (χ4v) is 3.27. The SMILES string of the molecule is CNC(=O)[C@@H]1CCCN(C(=O)NCCCc2nc3ccccc3[nH]2)C1. The first-order valence-electron chi connectivity index (χ1n) is 8.85. The first-order chi connectivity index (χ1) is 12.2. The number of carbonyl (C=O) groups is 2. The summed E-state index contributed by atoms with van der Waals surface area (Å²) in [6, 6.07) is 7.86. The summed E-state index contributed by atoms with van der Waals surface area (Å²) in [7, 11) is 1.64. The molecular formula is C18H25N5O2. The third-order valence-electron chi connectivity index (χ3n) is 4.63. The average molecular weight is 343 g/mol. The fraction of sp³-hybridized carbons (Fsp3) is 0.500. The number of urea groups is 1. The van der Waals surface area contributed by atoms with Crippen molar-refractivity contribution in [2.24, 2.45) is 5.92 Å². The Bertz CT molecular complexity index is 709. The Balaban J connectivity index is 1.42. The number of fused-ring (bicyclic) bond motifs is 1. The molecule has 3 rings (SSSR count). The molecule has 1 aliphatic rings. The number of nitrogens with zero attached hydrogens (tertiary/aromatic N) is 2. The molecule has 1 fully saturated rings. The number of H-pyrrole nitrogens is 1. The van der Waals surface area contributed by atoms with Crippen LogP contribution in [0.5, 0.6) is 0 Å². The molecule has 2 aromatic rings. The van der Waals surface area contributed by atoms with E-state index in [1.165, 1.54) is 0 Å². The van der Waals surface area contributed by atoms with Gasteiger partial charge in [-0.15, -0.1) is 0 Å². The molecule has 3 N–H and O–H groups in total. The van der Waals surface area contributed by atoms with Gasteiger partial charge in [0.1, 0.15) is 5.82 Å². The van der Waals surface area contributed by atoms with Crippen molar-refractivity contribution in [1.82, 2.24) is 25.5 Å². The molecule has 7 heteroatoms. The lowest BCUT2D eigenvalue weighted by molar-refractivity contribution is -0.125. The molecule has 134 valence electrons. The molecular weight excluding hydrogens is 318 g/mol. The summed E-state index contributed by atoms with van der Waals surface area (Å²) in [5, 5.41) is 5.62. The summed E-state index contributed by atoms with van der Waals surface area (Å²) in [6.07, 6.45) is 3.31. The van der Waals surface area contributed by atoms with Gasteiger partial charge >= 0.3 is 6.03 Å². The number of benzene rings is 1. The van der Waals surface area contributed by atoms with Gasteiger partial charge in [-0.1, -0.05) is 12.1 Å². The van der Waals surface area contributed by atoms with Gasteiger partial charge in [-0.05, 0) is 31.4 Å². The zero-order chi connectivity index (χ0) is 17.6. The monoisotopic (exact) mass is 343 g/mol. The van der Waals surface area contributed by atoms with Crippen LogP contribution in [0, 0.1) is 5.92 Å². The molecule has 1 aromatic heterocycles. The van der Waals surface area contributed by atoms with Crippen LogP contribution < -0.4 is 10.6 Å². The Kier molecular flexibility index (Phi) is 5.53. The number of rotatable bonds is 5. The van der Waals surface area contributed by atoms with Crippen molar-refractivity contribution in [3.63, 3.8) is 0 Å². The Labute approximate surface area is 147 Å². The number of para-hydroxylation sites is 2. The van der Waals surface area contributed by atoms with E-state index in [4.69, 9.17) is 0 Å². The van der Waals surface area contributed by atoms with Gasteiger partial charge < -0.3 is 20.5 Å². The second-order valence-corrected chi connectivity index (χ2v) is 6.44. The maximum Gasteiger partial charge on any atom is 0.317 e. The molecule has 0 aliphatic carbocycles. The van der Waals surface area contributed by atoms with Gasteiger partial charge in [0.05, 0.1) is 17.0 Å². The van der Waals surface area contributed by atoms with E-state index in [9.17, 15) is 9.59 Å². The first-order valence-corrected chi connectivity index (χ1v) is 8.85. The van der Waals surface area contributed by atoms with Crippen LogP contribution in [0.4, 0.5) is 4.79 Å². The van der Waals surface area contributed by atoms with E-state index >= 15 is 0 Å². The summed E-state index contributed by atoms with van der Waals surface area (Å²) in [5.41, 5.74) is 2.00. The van der Waals surface area contributed by atoms with Crippen molar-refractivity contribution >= 4 is 23.0 Å². The molecule has 3 amide bonds. The molecule has 1 saturated heterocycles. The molecule has 25 heavy (non-hydrogen) atoms. The number of hydrogen-bond acceptors (Lipinski definition) is 3. The maximum atomic E-state index is 12.3. The summed E-state index contributed by atoms with van der Waals surface area (Å²) in [5.74, 6) is 0.857. The van der Waals surface area contributed by atoms with Gasteiger partial charge in [-0.3, -0.25) is 4.79 Å². The largest absolute Gasteiger partial charge is 0.359 e. The minimum atomic E-state index is -0.0972. The van der Waals surface area contributed by atoms with Crippen molar-refractivity contribution in [1.29, 1.82) is 0 Å². The van der Waals surface area contributed by atoms with Gasteiger partial charge in [0.15, 0.2) is 0 Å².